The van der Waals surface area contributed by atoms with E-state index in [2.05, 4.69) is 20.8 Å². The molecule has 3 rings (SSSR count). The average Bonchev–Trinajstić information content (AvgIpc) is 2.93. The second-order valence-electron chi connectivity index (χ2n) is 6.43. The number of nitrogens with two attached hydrogens (primary N) is 1. The molecule has 120 valence electrons. The van der Waals surface area contributed by atoms with Gasteiger partial charge in [0.2, 0.25) is 0 Å². The van der Waals surface area contributed by atoms with Crippen molar-refractivity contribution in [1.29, 1.82) is 0 Å². The summed E-state index contributed by atoms with van der Waals surface area (Å²) in [7, 11) is -1.62. The van der Waals surface area contributed by atoms with Crippen molar-refractivity contribution in [3.05, 3.63) is 54.3 Å². The second-order valence-corrected chi connectivity index (χ2v) is 7.47. The molecule has 1 atom stereocenters. The lowest BCUT2D eigenvalue weighted by Crippen LogP contribution is -2.13. The molecular weight excluding hydrogens is 310 g/mol. The summed E-state index contributed by atoms with van der Waals surface area (Å²) in [4.78, 5) is 0.490. The van der Waals surface area contributed by atoms with E-state index in [1.165, 1.54) is 0 Å². The number of fused-ring (bicyclic) bond motifs is 1. The molecule has 2 N–H and O–H groups in total. The number of hydrogen-bond donors (Lipinski definition) is 1. The summed E-state index contributed by atoms with van der Waals surface area (Å²) < 4.78 is 23.1. The zero-order valence-electron chi connectivity index (χ0n) is 13.3. The van der Waals surface area contributed by atoms with Gasteiger partial charge in [-0.3, -0.25) is 0 Å². The Labute approximate surface area is 137 Å². The van der Waals surface area contributed by atoms with Crippen LogP contribution in [-0.2, 0) is 16.4 Å². The molecule has 0 spiro atoms. The van der Waals surface area contributed by atoms with Gasteiger partial charge < -0.3 is 9.15 Å². The Morgan fingerprint density at radius 3 is 2.57 bits per heavy atom. The lowest BCUT2D eigenvalue weighted by molar-refractivity contribution is 0.468. The summed E-state index contributed by atoms with van der Waals surface area (Å²) in [6.45, 7) is 6.29. The zero-order valence-corrected chi connectivity index (χ0v) is 14.1. The molecule has 4 nitrogen and oxygen atoms in total. The molecule has 0 aliphatic heterocycles. The second kappa shape index (κ2) is 5.83. The normalized spacial score (nSPS) is 13.2. The minimum Gasteiger partial charge on any atom is -0.464 e. The van der Waals surface area contributed by atoms with Crippen LogP contribution in [0.5, 0.6) is 11.5 Å². The molecule has 3 aromatic rings. The van der Waals surface area contributed by atoms with E-state index in [4.69, 9.17) is 14.3 Å². The lowest BCUT2D eigenvalue weighted by atomic mass is 9.87. The van der Waals surface area contributed by atoms with Crippen molar-refractivity contribution < 1.29 is 13.4 Å². The van der Waals surface area contributed by atoms with E-state index in [0.29, 0.717) is 16.4 Å². The summed E-state index contributed by atoms with van der Waals surface area (Å²) in [6, 6.07) is 13.0. The first kappa shape index (κ1) is 15.8. The average molecular weight is 329 g/mol. The van der Waals surface area contributed by atoms with E-state index in [-0.39, 0.29) is 5.41 Å². The summed E-state index contributed by atoms with van der Waals surface area (Å²) in [5.74, 6) is 1.15. The van der Waals surface area contributed by atoms with E-state index in [1.54, 1.807) is 6.26 Å². The number of furan rings is 1. The summed E-state index contributed by atoms with van der Waals surface area (Å²) in [5, 5.41) is 6.58. The van der Waals surface area contributed by atoms with E-state index in [9.17, 15) is 4.21 Å². The minimum absolute atomic E-state index is 0.0532. The predicted molar refractivity (Wildman–Crippen MR) is 92.0 cm³/mol. The van der Waals surface area contributed by atoms with Crippen molar-refractivity contribution in [2.24, 2.45) is 5.14 Å². The molecule has 1 aromatic heterocycles. The Morgan fingerprint density at radius 2 is 1.87 bits per heavy atom. The smallest absolute Gasteiger partial charge is 0.144 e. The lowest BCUT2D eigenvalue weighted by Gasteiger charge is -2.20. The Kier molecular flexibility index (Phi) is 4.00. The topological polar surface area (TPSA) is 65.5 Å². The van der Waals surface area contributed by atoms with Crippen LogP contribution < -0.4 is 9.88 Å². The van der Waals surface area contributed by atoms with Crippen LogP contribution in [0, 0.1) is 0 Å². The Balaban J connectivity index is 1.99. The van der Waals surface area contributed by atoms with Crippen LogP contribution in [0.1, 0.15) is 26.3 Å². The molecule has 0 aliphatic rings. The van der Waals surface area contributed by atoms with Gasteiger partial charge in [-0.1, -0.05) is 26.8 Å². The quantitative estimate of drug-likeness (QED) is 0.769. The highest BCUT2D eigenvalue weighted by Crippen LogP contribution is 2.33. The molecule has 1 unspecified atom stereocenters. The third-order valence-corrected chi connectivity index (χ3v) is 4.43. The molecule has 0 fully saturated rings. The van der Waals surface area contributed by atoms with E-state index in [0.717, 1.165) is 16.5 Å². The molecular formula is C18H19NO3S. The van der Waals surface area contributed by atoms with Crippen LogP contribution in [0.25, 0.3) is 11.0 Å². The van der Waals surface area contributed by atoms with Gasteiger partial charge in [-0.15, -0.1) is 0 Å². The zero-order chi connectivity index (χ0) is 16.6. The van der Waals surface area contributed by atoms with Crippen LogP contribution in [0.15, 0.2) is 58.0 Å². The molecule has 23 heavy (non-hydrogen) atoms. The number of benzene rings is 2. The Morgan fingerprint density at radius 1 is 1.09 bits per heavy atom. The van der Waals surface area contributed by atoms with E-state index in [1.807, 2.05) is 42.5 Å². The number of hydrogen-bond acceptors (Lipinski definition) is 3. The van der Waals surface area contributed by atoms with Gasteiger partial charge in [0.25, 0.3) is 0 Å². The minimum atomic E-state index is -1.62. The van der Waals surface area contributed by atoms with Gasteiger partial charge in [0.15, 0.2) is 0 Å². The van der Waals surface area contributed by atoms with E-state index < -0.39 is 11.0 Å². The van der Waals surface area contributed by atoms with Crippen LogP contribution in [-0.4, -0.2) is 4.21 Å². The maximum absolute atomic E-state index is 11.9. The first-order valence-corrected chi connectivity index (χ1v) is 8.52. The number of rotatable bonds is 3. The maximum atomic E-state index is 11.9. The first-order valence-electron chi connectivity index (χ1n) is 7.30. The molecule has 0 amide bonds. The summed E-state index contributed by atoms with van der Waals surface area (Å²) in [5.41, 5.74) is 1.80. The molecule has 0 saturated carbocycles. The third kappa shape index (κ3) is 3.30. The van der Waals surface area contributed by atoms with Crippen LogP contribution in [0.3, 0.4) is 0 Å². The van der Waals surface area contributed by atoms with Crippen molar-refractivity contribution in [3.63, 3.8) is 0 Å². The van der Waals surface area contributed by atoms with Gasteiger partial charge in [0.05, 0.1) is 11.2 Å². The molecule has 2 aromatic carbocycles. The highest BCUT2D eigenvalue weighted by atomic mass is 32.2. The molecule has 0 aliphatic carbocycles. The van der Waals surface area contributed by atoms with Gasteiger partial charge in [-0.05, 0) is 47.4 Å². The van der Waals surface area contributed by atoms with Crippen molar-refractivity contribution >= 4 is 22.0 Å². The fraction of sp³-hybridized carbons (Fsp3) is 0.222. The van der Waals surface area contributed by atoms with Crippen molar-refractivity contribution in [2.75, 3.05) is 0 Å². The van der Waals surface area contributed by atoms with Gasteiger partial charge in [-0.2, -0.15) is 0 Å². The fourth-order valence-electron chi connectivity index (χ4n) is 2.35. The number of ether oxygens (including phenoxy) is 1. The molecule has 1 heterocycles. The largest absolute Gasteiger partial charge is 0.464 e. The first-order chi connectivity index (χ1) is 10.8. The Bertz CT molecular complexity index is 877. The van der Waals surface area contributed by atoms with Crippen LogP contribution >= 0.6 is 0 Å². The summed E-state index contributed by atoms with van der Waals surface area (Å²) in [6.07, 6.45) is 1.63. The van der Waals surface area contributed by atoms with Crippen LogP contribution in [0.4, 0.5) is 0 Å². The Hall–Kier alpha value is -2.11. The van der Waals surface area contributed by atoms with Gasteiger partial charge in [-0.25, -0.2) is 9.35 Å². The standard InChI is InChI=1S/C18H19NO3S/c1-18(2,3)13-4-6-16(17(11-13)23(19)20)22-14-5-7-15-12(10-14)8-9-21-15/h4-11H,19H2,1-3H3. The molecule has 0 bridgehead atoms. The highest BCUT2D eigenvalue weighted by molar-refractivity contribution is 7.82. The van der Waals surface area contributed by atoms with Crippen LogP contribution in [0.2, 0.25) is 0 Å². The monoisotopic (exact) mass is 329 g/mol. The SMILES string of the molecule is CC(C)(C)c1ccc(Oc2ccc3occc3c2)c(S(N)=O)c1. The summed E-state index contributed by atoms with van der Waals surface area (Å²) >= 11 is 0. The third-order valence-electron chi connectivity index (χ3n) is 3.68. The fourth-order valence-corrected chi connectivity index (χ4v) is 2.90. The molecule has 5 heteroatoms. The van der Waals surface area contributed by atoms with Gasteiger partial charge in [0.1, 0.15) is 28.1 Å². The van der Waals surface area contributed by atoms with Gasteiger partial charge in [0, 0.05) is 5.39 Å². The highest BCUT2D eigenvalue weighted by Gasteiger charge is 2.18. The van der Waals surface area contributed by atoms with E-state index >= 15 is 0 Å². The predicted octanol–water partition coefficient (Wildman–Crippen LogP) is 4.50. The van der Waals surface area contributed by atoms with Crippen molar-refractivity contribution in [3.8, 4) is 11.5 Å². The maximum Gasteiger partial charge on any atom is 0.144 e. The molecule has 0 radical (unpaired) electrons. The van der Waals surface area contributed by atoms with Crippen molar-refractivity contribution in [1.82, 2.24) is 0 Å². The molecule has 0 saturated heterocycles. The van der Waals surface area contributed by atoms with Gasteiger partial charge >= 0.3 is 0 Å². The van der Waals surface area contributed by atoms with Crippen molar-refractivity contribution in [2.45, 2.75) is 31.1 Å².